The first-order valence-corrected chi connectivity index (χ1v) is 4.32. The third-order valence-electron chi connectivity index (χ3n) is 1.80. The van der Waals surface area contributed by atoms with Crippen molar-refractivity contribution < 1.29 is 18.7 Å². The van der Waals surface area contributed by atoms with Gasteiger partial charge in [0.2, 0.25) is 5.91 Å². The van der Waals surface area contributed by atoms with Gasteiger partial charge in [-0.25, -0.2) is 8.78 Å². The molecule has 0 spiro atoms. The van der Waals surface area contributed by atoms with Gasteiger partial charge in [0.05, 0.1) is 0 Å². The number of amides is 1. The van der Waals surface area contributed by atoms with E-state index in [9.17, 15) is 13.6 Å². The highest BCUT2D eigenvalue weighted by molar-refractivity contribution is 5.91. The average Bonchev–Trinajstić information content (AvgIpc) is 2.17. The number of hydrogen-bond donors (Lipinski definition) is 2. The molecule has 0 aliphatic heterocycles. The maximum Gasteiger partial charge on any atom is 0.270 e. The molecule has 15 heavy (non-hydrogen) atoms. The van der Waals surface area contributed by atoms with E-state index in [0.29, 0.717) is 0 Å². The number of aliphatic hydroxyl groups excluding tert-OH is 1. The largest absolute Gasteiger partial charge is 0.387 e. The van der Waals surface area contributed by atoms with E-state index in [1.807, 2.05) is 0 Å². The molecular weight excluding hydrogens is 204 g/mol. The number of rotatable bonds is 3. The average molecular weight is 215 g/mol. The molecule has 0 aliphatic carbocycles. The fourth-order valence-electron chi connectivity index (χ4n) is 1.07. The van der Waals surface area contributed by atoms with E-state index in [0.717, 1.165) is 6.92 Å². The first kappa shape index (κ1) is 11.6. The molecular formula is C10H11F2NO2. The van der Waals surface area contributed by atoms with E-state index in [2.05, 4.69) is 5.32 Å². The topological polar surface area (TPSA) is 49.3 Å². The van der Waals surface area contributed by atoms with Gasteiger partial charge in [-0.05, 0) is 12.1 Å². The van der Waals surface area contributed by atoms with E-state index in [-0.39, 0.29) is 11.3 Å². The number of nitrogens with one attached hydrogen (secondary N) is 1. The zero-order valence-electron chi connectivity index (χ0n) is 8.13. The lowest BCUT2D eigenvalue weighted by molar-refractivity contribution is -0.118. The Kier molecular flexibility index (Phi) is 3.36. The summed E-state index contributed by atoms with van der Waals surface area (Å²) in [6.45, 7) is 0.104. The van der Waals surface area contributed by atoms with Gasteiger partial charge in [-0.1, -0.05) is 12.1 Å². The normalized spacial score (nSPS) is 11.2. The summed E-state index contributed by atoms with van der Waals surface area (Å²) in [5, 5.41) is 10.7. The minimum absolute atomic E-state index is 0.182. The molecule has 1 aromatic carbocycles. The quantitative estimate of drug-likeness (QED) is 0.806. The molecule has 0 bridgehead atoms. The number of hydrogen-bond acceptors (Lipinski definition) is 2. The van der Waals surface area contributed by atoms with Crippen LogP contribution < -0.4 is 5.32 Å². The van der Waals surface area contributed by atoms with E-state index < -0.39 is 18.4 Å². The van der Waals surface area contributed by atoms with Crippen LogP contribution in [0.1, 0.15) is 12.5 Å². The molecule has 0 unspecified atom stereocenters. The van der Waals surface area contributed by atoms with E-state index >= 15 is 0 Å². The van der Waals surface area contributed by atoms with Gasteiger partial charge in [-0.2, -0.15) is 0 Å². The van der Waals surface area contributed by atoms with Gasteiger partial charge in [-0.3, -0.25) is 4.79 Å². The van der Waals surface area contributed by atoms with Crippen molar-refractivity contribution in [1.82, 2.24) is 0 Å². The molecule has 0 saturated heterocycles. The Morgan fingerprint density at radius 1 is 1.53 bits per heavy atom. The fraction of sp³-hybridized carbons (Fsp3) is 0.300. The second kappa shape index (κ2) is 4.35. The summed E-state index contributed by atoms with van der Waals surface area (Å²) in [6, 6.07) is 5.34. The Labute approximate surface area is 85.7 Å². The second-order valence-corrected chi connectivity index (χ2v) is 3.18. The van der Waals surface area contributed by atoms with Crippen molar-refractivity contribution in [2.45, 2.75) is 12.8 Å². The highest BCUT2D eigenvalue weighted by Crippen LogP contribution is 2.28. The summed E-state index contributed by atoms with van der Waals surface area (Å²) < 4.78 is 25.8. The Hall–Kier alpha value is -1.49. The van der Waals surface area contributed by atoms with Crippen LogP contribution in [0, 0.1) is 0 Å². The van der Waals surface area contributed by atoms with E-state index in [1.54, 1.807) is 0 Å². The van der Waals surface area contributed by atoms with Crippen molar-refractivity contribution in [3.05, 3.63) is 29.8 Å². The molecule has 5 heteroatoms. The van der Waals surface area contributed by atoms with Crippen molar-refractivity contribution in [1.29, 1.82) is 0 Å². The Balaban J connectivity index is 2.88. The zero-order valence-corrected chi connectivity index (χ0v) is 8.13. The summed E-state index contributed by atoms with van der Waals surface area (Å²) in [7, 11) is 0. The van der Waals surface area contributed by atoms with Gasteiger partial charge in [0.1, 0.15) is 6.61 Å². The van der Waals surface area contributed by atoms with Crippen LogP contribution in [0.2, 0.25) is 0 Å². The molecule has 0 heterocycles. The lowest BCUT2D eigenvalue weighted by Gasteiger charge is -2.12. The monoisotopic (exact) mass is 215 g/mol. The zero-order chi connectivity index (χ0) is 11.5. The third kappa shape index (κ3) is 3.28. The maximum absolute atomic E-state index is 12.9. The molecule has 82 valence electrons. The molecule has 0 aromatic heterocycles. The number of carbonyl (C=O) groups is 1. The smallest absolute Gasteiger partial charge is 0.270 e. The molecule has 0 aliphatic rings. The minimum Gasteiger partial charge on any atom is -0.387 e. The van der Waals surface area contributed by atoms with Crippen LogP contribution in [0.15, 0.2) is 24.3 Å². The Bertz CT molecular complexity index is 361. The van der Waals surface area contributed by atoms with Crippen LogP contribution in [0.5, 0.6) is 0 Å². The number of carbonyl (C=O) groups excluding carboxylic acids is 1. The molecule has 0 atom stereocenters. The second-order valence-electron chi connectivity index (χ2n) is 3.18. The van der Waals surface area contributed by atoms with Crippen molar-refractivity contribution in [3.63, 3.8) is 0 Å². The van der Waals surface area contributed by atoms with Gasteiger partial charge in [-0.15, -0.1) is 0 Å². The molecule has 0 fully saturated rings. The van der Waals surface area contributed by atoms with Crippen LogP contribution in [0.3, 0.4) is 0 Å². The fourth-order valence-corrected chi connectivity index (χ4v) is 1.07. The molecule has 0 radical (unpaired) electrons. The van der Waals surface area contributed by atoms with Crippen LogP contribution in [0.4, 0.5) is 14.5 Å². The minimum atomic E-state index is -2.94. The number of anilines is 1. The van der Waals surface area contributed by atoms with Gasteiger partial charge in [0.25, 0.3) is 5.92 Å². The lowest BCUT2D eigenvalue weighted by Crippen LogP contribution is -2.16. The number of aliphatic hydroxyl groups is 1. The van der Waals surface area contributed by atoms with Crippen LogP contribution in [-0.2, 0) is 10.7 Å². The summed E-state index contributed by atoms with van der Waals surface area (Å²) >= 11 is 0. The molecule has 0 saturated carbocycles. The predicted molar refractivity (Wildman–Crippen MR) is 51.7 cm³/mol. The molecule has 3 nitrogen and oxygen atoms in total. The van der Waals surface area contributed by atoms with Gasteiger partial charge in [0.15, 0.2) is 0 Å². The maximum atomic E-state index is 12.9. The SMILES string of the molecule is CC(F)(F)c1cccc(NC(=O)CO)c1. The standard InChI is InChI=1S/C10H11F2NO2/c1-10(11,12)7-3-2-4-8(5-7)13-9(15)6-14/h2-5,14H,6H2,1H3,(H,13,15). The van der Waals surface area contributed by atoms with Crippen molar-refractivity contribution in [3.8, 4) is 0 Å². The number of halogens is 2. The van der Waals surface area contributed by atoms with Crippen LogP contribution >= 0.6 is 0 Å². The van der Waals surface area contributed by atoms with Gasteiger partial charge < -0.3 is 10.4 Å². The molecule has 1 aromatic rings. The van der Waals surface area contributed by atoms with Crippen molar-refractivity contribution in [2.24, 2.45) is 0 Å². The molecule has 1 rings (SSSR count). The van der Waals surface area contributed by atoms with Crippen molar-refractivity contribution >= 4 is 11.6 Å². The van der Waals surface area contributed by atoms with Crippen LogP contribution in [0.25, 0.3) is 0 Å². The summed E-state index contributed by atoms with van der Waals surface area (Å²) in [4.78, 5) is 10.8. The number of benzene rings is 1. The van der Waals surface area contributed by atoms with Crippen molar-refractivity contribution in [2.75, 3.05) is 11.9 Å². The molecule has 1 amide bonds. The predicted octanol–water partition coefficient (Wildman–Crippen LogP) is 1.73. The summed E-state index contributed by atoms with van der Waals surface area (Å²) in [6.07, 6.45) is 0. The highest BCUT2D eigenvalue weighted by Gasteiger charge is 2.24. The summed E-state index contributed by atoms with van der Waals surface area (Å²) in [5.74, 6) is -3.58. The third-order valence-corrected chi connectivity index (χ3v) is 1.80. The number of alkyl halides is 2. The van der Waals surface area contributed by atoms with Crippen LogP contribution in [-0.4, -0.2) is 17.6 Å². The van der Waals surface area contributed by atoms with Gasteiger partial charge >= 0.3 is 0 Å². The van der Waals surface area contributed by atoms with E-state index in [4.69, 9.17) is 5.11 Å². The van der Waals surface area contributed by atoms with E-state index in [1.165, 1.54) is 24.3 Å². The highest BCUT2D eigenvalue weighted by atomic mass is 19.3. The Morgan fingerprint density at radius 3 is 2.73 bits per heavy atom. The lowest BCUT2D eigenvalue weighted by atomic mass is 10.1. The van der Waals surface area contributed by atoms with Gasteiger partial charge in [0, 0.05) is 18.2 Å². The molecule has 2 N–H and O–H groups in total. The summed E-state index contributed by atoms with van der Waals surface area (Å²) in [5.41, 5.74) is 0.0614. The first-order valence-electron chi connectivity index (χ1n) is 4.32. The Morgan fingerprint density at radius 2 is 2.20 bits per heavy atom. The first-order chi connectivity index (χ1) is 6.93.